The summed E-state index contributed by atoms with van der Waals surface area (Å²) in [5, 5.41) is 9.89. The zero-order chi connectivity index (χ0) is 13.4. The molecule has 0 aliphatic rings. The Balaban J connectivity index is 2.88. The van der Waals surface area contributed by atoms with Gasteiger partial charge in [-0.05, 0) is 30.7 Å². The van der Waals surface area contributed by atoms with Gasteiger partial charge < -0.3 is 15.8 Å². The van der Waals surface area contributed by atoms with Crippen molar-refractivity contribution < 1.29 is 9.90 Å². The molecule has 6 heteroatoms. The number of carbonyl (C=O) groups is 1. The van der Waals surface area contributed by atoms with Crippen LogP contribution in [0.15, 0.2) is 23.0 Å². The molecule has 0 saturated carbocycles. The first-order chi connectivity index (χ1) is 8.40. The second-order valence-corrected chi connectivity index (χ2v) is 4.50. The molecule has 0 aliphatic carbocycles. The maximum atomic E-state index is 11.6. The number of aromatic nitrogens is 1. The average molecular weight is 267 g/mol. The molecule has 1 heterocycles. The molecule has 1 aromatic heterocycles. The van der Waals surface area contributed by atoms with E-state index in [2.05, 4.69) is 4.98 Å². The highest BCUT2D eigenvalue weighted by Crippen LogP contribution is 2.25. The van der Waals surface area contributed by atoms with Crippen LogP contribution in [-0.4, -0.2) is 16.1 Å². The molecule has 94 valence electrons. The normalized spacial score (nSPS) is 12.6. The first kappa shape index (κ1) is 12.6. The number of pyridine rings is 1. The number of nitrogens with two attached hydrogens (primary N) is 1. The van der Waals surface area contributed by atoms with Crippen LogP contribution in [-0.2, 0) is 0 Å². The van der Waals surface area contributed by atoms with Crippen LogP contribution < -0.4 is 11.3 Å². The minimum absolute atomic E-state index is 0.319. The zero-order valence-corrected chi connectivity index (χ0v) is 10.3. The van der Waals surface area contributed by atoms with Crippen molar-refractivity contribution in [3.05, 3.63) is 44.7 Å². The van der Waals surface area contributed by atoms with Gasteiger partial charge in [-0.25, -0.2) is 4.79 Å². The van der Waals surface area contributed by atoms with Gasteiger partial charge in [-0.2, -0.15) is 0 Å². The Kier molecular flexibility index (Phi) is 3.11. The zero-order valence-electron chi connectivity index (χ0n) is 9.53. The largest absolute Gasteiger partial charge is 0.477 e. The molecule has 1 atom stereocenters. The van der Waals surface area contributed by atoms with Crippen LogP contribution in [0.3, 0.4) is 0 Å². The SMILES string of the molecule is C[C@@H](N)c1cc(Cl)cc2cc(C(=O)O)c(=O)[nH]c12. The van der Waals surface area contributed by atoms with Crippen LogP contribution in [0.4, 0.5) is 0 Å². The number of aromatic amines is 1. The fourth-order valence-electron chi connectivity index (χ4n) is 1.83. The van der Waals surface area contributed by atoms with E-state index in [0.29, 0.717) is 21.5 Å². The molecule has 4 N–H and O–H groups in total. The highest BCUT2D eigenvalue weighted by atomic mass is 35.5. The monoisotopic (exact) mass is 266 g/mol. The fourth-order valence-corrected chi connectivity index (χ4v) is 2.06. The predicted molar refractivity (Wildman–Crippen MR) is 69.1 cm³/mol. The summed E-state index contributed by atoms with van der Waals surface area (Å²) < 4.78 is 0. The van der Waals surface area contributed by atoms with E-state index in [1.807, 2.05) is 0 Å². The van der Waals surface area contributed by atoms with Gasteiger partial charge in [0.2, 0.25) is 0 Å². The summed E-state index contributed by atoms with van der Waals surface area (Å²) in [6.45, 7) is 1.76. The van der Waals surface area contributed by atoms with Gasteiger partial charge in [0.1, 0.15) is 5.56 Å². The number of hydrogen-bond acceptors (Lipinski definition) is 3. The van der Waals surface area contributed by atoms with Crippen LogP contribution in [0.25, 0.3) is 10.9 Å². The first-order valence-electron chi connectivity index (χ1n) is 5.25. The third kappa shape index (κ3) is 2.10. The van der Waals surface area contributed by atoms with E-state index in [1.165, 1.54) is 6.07 Å². The molecule has 2 aromatic rings. The number of carboxylic acid groups (broad SMARTS) is 1. The van der Waals surface area contributed by atoms with E-state index < -0.39 is 11.5 Å². The molecule has 0 saturated heterocycles. The summed E-state index contributed by atoms with van der Waals surface area (Å²) >= 11 is 5.94. The summed E-state index contributed by atoms with van der Waals surface area (Å²) in [4.78, 5) is 25.1. The van der Waals surface area contributed by atoms with Crippen molar-refractivity contribution >= 4 is 28.5 Å². The lowest BCUT2D eigenvalue weighted by Crippen LogP contribution is -2.18. The molecule has 5 nitrogen and oxygen atoms in total. The molecule has 0 amide bonds. The molecule has 0 fully saturated rings. The highest BCUT2D eigenvalue weighted by molar-refractivity contribution is 6.31. The van der Waals surface area contributed by atoms with Gasteiger partial charge in [0.05, 0.1) is 5.52 Å². The van der Waals surface area contributed by atoms with Gasteiger partial charge in [-0.3, -0.25) is 4.79 Å². The Morgan fingerprint density at radius 1 is 1.44 bits per heavy atom. The standard InChI is InChI=1S/C12H11ClN2O3/c1-5(14)8-4-7(13)2-6-3-9(12(17)18)11(16)15-10(6)8/h2-5H,14H2,1H3,(H,15,16)(H,17,18)/t5-/m1/s1. The molecular formula is C12H11ClN2O3. The number of halogens is 1. The van der Waals surface area contributed by atoms with Crippen molar-refractivity contribution in [2.45, 2.75) is 13.0 Å². The second kappa shape index (κ2) is 4.44. The molecule has 0 spiro atoms. The molecule has 18 heavy (non-hydrogen) atoms. The lowest BCUT2D eigenvalue weighted by atomic mass is 10.0. The third-order valence-corrected chi connectivity index (χ3v) is 2.89. The number of hydrogen-bond donors (Lipinski definition) is 3. The average Bonchev–Trinajstić information content (AvgIpc) is 2.27. The van der Waals surface area contributed by atoms with Crippen LogP contribution >= 0.6 is 11.6 Å². The molecule has 0 unspecified atom stereocenters. The summed E-state index contributed by atoms with van der Waals surface area (Å²) in [6, 6.07) is 4.22. The predicted octanol–water partition coefficient (Wildman–Crippen LogP) is 1.90. The lowest BCUT2D eigenvalue weighted by molar-refractivity contribution is 0.0695. The topological polar surface area (TPSA) is 96.2 Å². The Morgan fingerprint density at radius 3 is 2.67 bits per heavy atom. The smallest absolute Gasteiger partial charge is 0.341 e. The summed E-state index contributed by atoms with van der Waals surface area (Å²) in [5.41, 5.74) is 6.02. The summed E-state index contributed by atoms with van der Waals surface area (Å²) in [6.07, 6.45) is 0. The minimum Gasteiger partial charge on any atom is -0.477 e. The van der Waals surface area contributed by atoms with E-state index in [9.17, 15) is 9.59 Å². The first-order valence-corrected chi connectivity index (χ1v) is 5.63. The van der Waals surface area contributed by atoms with Crippen molar-refractivity contribution in [2.24, 2.45) is 5.73 Å². The van der Waals surface area contributed by atoms with Crippen LogP contribution in [0, 0.1) is 0 Å². The third-order valence-electron chi connectivity index (χ3n) is 2.67. The number of carboxylic acids is 1. The van der Waals surface area contributed by atoms with Gasteiger partial charge in [0.25, 0.3) is 5.56 Å². The van der Waals surface area contributed by atoms with E-state index in [1.54, 1.807) is 19.1 Å². The van der Waals surface area contributed by atoms with Crippen LogP contribution in [0.2, 0.25) is 5.02 Å². The van der Waals surface area contributed by atoms with Crippen molar-refractivity contribution in [1.29, 1.82) is 0 Å². The quantitative estimate of drug-likeness (QED) is 0.773. The molecule has 2 rings (SSSR count). The van der Waals surface area contributed by atoms with E-state index in [-0.39, 0.29) is 11.6 Å². The lowest BCUT2D eigenvalue weighted by Gasteiger charge is -2.11. The number of benzene rings is 1. The summed E-state index contributed by atoms with van der Waals surface area (Å²) in [5.74, 6) is -1.28. The van der Waals surface area contributed by atoms with E-state index in [4.69, 9.17) is 22.4 Å². The van der Waals surface area contributed by atoms with Crippen molar-refractivity contribution in [3.8, 4) is 0 Å². The van der Waals surface area contributed by atoms with Gasteiger partial charge >= 0.3 is 5.97 Å². The number of fused-ring (bicyclic) bond motifs is 1. The molecule has 0 aliphatic heterocycles. The second-order valence-electron chi connectivity index (χ2n) is 4.07. The summed E-state index contributed by atoms with van der Waals surface area (Å²) in [7, 11) is 0. The highest BCUT2D eigenvalue weighted by Gasteiger charge is 2.14. The minimum atomic E-state index is -1.28. The van der Waals surface area contributed by atoms with Gasteiger partial charge in [-0.15, -0.1) is 0 Å². The molecular weight excluding hydrogens is 256 g/mol. The Labute approximate surface area is 107 Å². The molecule has 0 radical (unpaired) electrons. The van der Waals surface area contributed by atoms with Crippen molar-refractivity contribution in [2.75, 3.05) is 0 Å². The van der Waals surface area contributed by atoms with Gasteiger partial charge in [-0.1, -0.05) is 11.6 Å². The Morgan fingerprint density at radius 2 is 2.11 bits per heavy atom. The van der Waals surface area contributed by atoms with Crippen molar-refractivity contribution in [1.82, 2.24) is 4.98 Å². The fraction of sp³-hybridized carbons (Fsp3) is 0.167. The maximum absolute atomic E-state index is 11.6. The number of rotatable bonds is 2. The van der Waals surface area contributed by atoms with Crippen molar-refractivity contribution in [3.63, 3.8) is 0 Å². The van der Waals surface area contributed by atoms with Gasteiger partial charge in [0, 0.05) is 16.5 Å². The Bertz CT molecular complexity index is 692. The van der Waals surface area contributed by atoms with Gasteiger partial charge in [0.15, 0.2) is 0 Å². The Hall–Kier alpha value is -1.85. The van der Waals surface area contributed by atoms with Crippen LogP contribution in [0.1, 0.15) is 28.9 Å². The molecule has 0 bridgehead atoms. The number of H-pyrrole nitrogens is 1. The number of nitrogens with one attached hydrogen (secondary N) is 1. The molecule has 1 aromatic carbocycles. The maximum Gasteiger partial charge on any atom is 0.341 e. The number of aromatic carboxylic acids is 1. The van der Waals surface area contributed by atoms with E-state index >= 15 is 0 Å². The van der Waals surface area contributed by atoms with E-state index in [0.717, 1.165) is 0 Å². The van der Waals surface area contributed by atoms with Crippen LogP contribution in [0.5, 0.6) is 0 Å².